The molecule has 0 fully saturated rings. The van der Waals surface area contributed by atoms with Gasteiger partial charge in [-0.25, -0.2) is 0 Å². The molecular weight excluding hydrogens is 529 g/mol. The number of unbranched alkanes of at least 4 members (excludes halogenated alkanes) is 18. The predicted octanol–water partition coefficient (Wildman–Crippen LogP) is 13.9. The molecule has 40 heavy (non-hydrogen) atoms. The van der Waals surface area contributed by atoms with Crippen LogP contribution in [0.1, 0.15) is 152 Å². The number of hydrogen-bond donors (Lipinski definition) is 0. The molecule has 222 valence electrons. The van der Waals surface area contributed by atoms with Gasteiger partial charge in [0.05, 0.1) is 9.40 Å². The average Bonchev–Trinajstić information content (AvgIpc) is 3.70. The highest BCUT2D eigenvalue weighted by atomic mass is 32.1. The largest absolute Gasteiger partial charge is 0.452 e. The fraction of sp³-hybridized carbons (Fsp3) is 0.667. The van der Waals surface area contributed by atoms with Crippen molar-refractivity contribution in [3.63, 3.8) is 0 Å². The maximum atomic E-state index is 6.22. The minimum Gasteiger partial charge on any atom is -0.452 e. The lowest BCUT2D eigenvalue weighted by Gasteiger charge is -2.01. The number of rotatable bonds is 23. The van der Waals surface area contributed by atoms with Gasteiger partial charge in [-0.1, -0.05) is 129 Å². The molecule has 0 aliphatic rings. The van der Waals surface area contributed by atoms with Crippen molar-refractivity contribution >= 4 is 43.2 Å². The number of aryl methyl sites for hydroxylation is 2. The van der Waals surface area contributed by atoms with E-state index in [2.05, 4.69) is 38.1 Å². The Kier molecular flexibility index (Phi) is 14.2. The Labute approximate surface area is 251 Å². The lowest BCUT2D eigenvalue weighted by Crippen LogP contribution is -1.84. The van der Waals surface area contributed by atoms with Gasteiger partial charge in [0.15, 0.2) is 11.5 Å². The van der Waals surface area contributed by atoms with E-state index in [1.54, 1.807) is 0 Å². The van der Waals surface area contributed by atoms with Crippen LogP contribution in [0.25, 0.3) is 32.1 Å². The van der Waals surface area contributed by atoms with E-state index in [0.29, 0.717) is 0 Å². The number of thiophene rings is 2. The molecule has 0 aliphatic heterocycles. The smallest absolute Gasteiger partial charge is 0.171 e. The highest BCUT2D eigenvalue weighted by Gasteiger charge is 2.15. The van der Waals surface area contributed by atoms with Crippen molar-refractivity contribution in [2.75, 3.05) is 0 Å². The maximum Gasteiger partial charge on any atom is 0.171 e. The van der Waals surface area contributed by atoms with Gasteiger partial charge in [0.25, 0.3) is 0 Å². The summed E-state index contributed by atoms with van der Waals surface area (Å²) in [7, 11) is 0. The van der Waals surface area contributed by atoms with E-state index in [1.165, 1.54) is 160 Å². The number of hydrogen-bond acceptors (Lipinski definition) is 4. The minimum atomic E-state index is 0.867. The van der Waals surface area contributed by atoms with Crippen LogP contribution in [0.2, 0.25) is 0 Å². The molecule has 0 atom stereocenters. The van der Waals surface area contributed by atoms with Crippen LogP contribution in [-0.2, 0) is 12.8 Å². The highest BCUT2D eigenvalue weighted by molar-refractivity contribution is 7.19. The average molecular weight is 583 g/mol. The van der Waals surface area contributed by atoms with Crippen molar-refractivity contribution in [2.45, 2.75) is 155 Å². The topological polar surface area (TPSA) is 26.3 Å². The van der Waals surface area contributed by atoms with E-state index < -0.39 is 0 Å². The molecule has 0 saturated carbocycles. The fourth-order valence-electron chi connectivity index (χ4n) is 5.83. The van der Waals surface area contributed by atoms with Crippen molar-refractivity contribution in [3.05, 3.63) is 34.0 Å². The SMILES string of the molecule is CCCCCCCCCCCCc1cc2oc(-c3cc4sc(CCCCCCCCCCCC)cc4o3)cc2s1. The van der Waals surface area contributed by atoms with Crippen LogP contribution in [0.4, 0.5) is 0 Å². The summed E-state index contributed by atoms with van der Waals surface area (Å²) >= 11 is 3.78. The lowest BCUT2D eigenvalue weighted by molar-refractivity contribution is 0.556. The van der Waals surface area contributed by atoms with E-state index >= 15 is 0 Å². The Morgan fingerprint density at radius 3 is 1.07 bits per heavy atom. The van der Waals surface area contributed by atoms with Crippen molar-refractivity contribution < 1.29 is 8.83 Å². The molecular formula is C36H54O2S2. The van der Waals surface area contributed by atoms with Crippen LogP contribution in [-0.4, -0.2) is 0 Å². The third-order valence-electron chi connectivity index (χ3n) is 8.31. The summed E-state index contributed by atoms with van der Waals surface area (Å²) in [5.74, 6) is 1.73. The molecule has 4 heteroatoms. The summed E-state index contributed by atoms with van der Waals surface area (Å²) in [6, 6.07) is 8.87. The van der Waals surface area contributed by atoms with Crippen LogP contribution in [0.3, 0.4) is 0 Å². The first kappa shape index (κ1) is 31.4. The van der Waals surface area contributed by atoms with E-state index in [9.17, 15) is 0 Å². The Morgan fingerprint density at radius 2 is 0.750 bits per heavy atom. The second-order valence-electron chi connectivity index (χ2n) is 12.0. The first-order valence-corrected chi connectivity index (χ1v) is 18.4. The van der Waals surface area contributed by atoms with Gasteiger partial charge >= 0.3 is 0 Å². The summed E-state index contributed by atoms with van der Waals surface area (Å²) in [5.41, 5.74) is 2.03. The summed E-state index contributed by atoms with van der Waals surface area (Å²) in [6.07, 6.45) is 30.1. The fourth-order valence-corrected chi connectivity index (χ4v) is 7.96. The first-order chi connectivity index (χ1) is 19.8. The lowest BCUT2D eigenvalue weighted by atomic mass is 10.1. The van der Waals surface area contributed by atoms with Gasteiger partial charge in [-0.05, 0) is 37.8 Å². The summed E-state index contributed by atoms with van der Waals surface area (Å²) in [6.45, 7) is 4.58. The summed E-state index contributed by atoms with van der Waals surface area (Å²) < 4.78 is 14.9. The van der Waals surface area contributed by atoms with E-state index in [4.69, 9.17) is 8.83 Å². The minimum absolute atomic E-state index is 0.867. The van der Waals surface area contributed by atoms with Crippen molar-refractivity contribution in [2.24, 2.45) is 0 Å². The monoisotopic (exact) mass is 582 g/mol. The van der Waals surface area contributed by atoms with Crippen molar-refractivity contribution in [1.82, 2.24) is 0 Å². The molecule has 0 spiro atoms. The molecule has 0 bridgehead atoms. The zero-order valence-electron chi connectivity index (χ0n) is 25.5. The molecule has 4 aromatic heterocycles. The molecule has 0 amide bonds. The first-order valence-electron chi connectivity index (χ1n) is 16.8. The van der Waals surface area contributed by atoms with Gasteiger partial charge < -0.3 is 8.83 Å². The Balaban J connectivity index is 1.12. The van der Waals surface area contributed by atoms with Crippen molar-refractivity contribution in [3.8, 4) is 11.5 Å². The molecule has 0 aliphatic carbocycles. The van der Waals surface area contributed by atoms with Crippen LogP contribution in [0.15, 0.2) is 33.1 Å². The highest BCUT2D eigenvalue weighted by Crippen LogP contribution is 2.38. The van der Waals surface area contributed by atoms with Gasteiger partial charge in [-0.15, -0.1) is 22.7 Å². The maximum absolute atomic E-state index is 6.22. The third-order valence-corrected chi connectivity index (χ3v) is 10.6. The molecule has 0 aromatic carbocycles. The van der Waals surface area contributed by atoms with Gasteiger partial charge in [-0.3, -0.25) is 0 Å². The molecule has 0 radical (unpaired) electrons. The van der Waals surface area contributed by atoms with Gasteiger partial charge in [-0.2, -0.15) is 0 Å². The molecule has 0 N–H and O–H groups in total. The van der Waals surface area contributed by atoms with Crippen LogP contribution in [0.5, 0.6) is 0 Å². The van der Waals surface area contributed by atoms with Crippen LogP contribution in [0, 0.1) is 0 Å². The second kappa shape index (κ2) is 18.1. The summed E-state index contributed by atoms with van der Waals surface area (Å²) in [4.78, 5) is 2.91. The van der Waals surface area contributed by atoms with Crippen LogP contribution < -0.4 is 0 Å². The molecule has 2 nitrogen and oxygen atoms in total. The van der Waals surface area contributed by atoms with Gasteiger partial charge in [0.1, 0.15) is 11.2 Å². The van der Waals surface area contributed by atoms with Gasteiger partial charge in [0, 0.05) is 21.9 Å². The Morgan fingerprint density at radius 1 is 0.425 bits per heavy atom. The molecule has 4 aromatic rings. The molecule has 0 unspecified atom stereocenters. The van der Waals surface area contributed by atoms with Gasteiger partial charge in [0.2, 0.25) is 0 Å². The zero-order chi connectivity index (χ0) is 27.8. The second-order valence-corrected chi connectivity index (χ2v) is 14.3. The van der Waals surface area contributed by atoms with E-state index in [1.807, 2.05) is 22.7 Å². The normalized spacial score (nSPS) is 11.9. The standard InChI is InChI=1S/C36H54O2S2/c1-3-5-7-9-11-13-15-17-19-21-23-29-25-33-35(39-29)27-31(37-33)32-28-36-34(38-32)26-30(40-36)24-22-20-18-16-14-12-10-8-6-4-2/h25-28H,3-24H2,1-2H3. The number of fused-ring (bicyclic) bond motifs is 2. The third kappa shape index (κ3) is 10.4. The zero-order valence-corrected chi connectivity index (χ0v) is 27.1. The Hall–Kier alpha value is -1.52. The molecule has 4 rings (SSSR count). The van der Waals surface area contributed by atoms with E-state index in [-0.39, 0.29) is 0 Å². The molecule has 0 saturated heterocycles. The number of furan rings is 2. The summed E-state index contributed by atoms with van der Waals surface area (Å²) in [5, 5.41) is 0. The molecule has 4 heterocycles. The van der Waals surface area contributed by atoms with E-state index in [0.717, 1.165) is 22.7 Å². The van der Waals surface area contributed by atoms with Crippen molar-refractivity contribution in [1.29, 1.82) is 0 Å². The quantitative estimate of drug-likeness (QED) is 0.0813. The Bertz CT molecular complexity index is 1050. The van der Waals surface area contributed by atoms with Crippen LogP contribution >= 0.6 is 22.7 Å². The predicted molar refractivity (Wildman–Crippen MR) is 178 cm³/mol.